The summed E-state index contributed by atoms with van der Waals surface area (Å²) in [5.74, 6) is 0. The number of nitrogens with zero attached hydrogens (tertiary/aromatic N) is 2. The third-order valence-electron chi connectivity index (χ3n) is 4.79. The van der Waals surface area contributed by atoms with Gasteiger partial charge in [0.25, 0.3) is 0 Å². The zero-order valence-corrected chi connectivity index (χ0v) is 19.2. The van der Waals surface area contributed by atoms with Crippen LogP contribution in [0.4, 0.5) is 11.4 Å². The second kappa shape index (κ2) is 10.8. The Kier molecular flexibility index (Phi) is 8.72. The lowest BCUT2D eigenvalue weighted by molar-refractivity contribution is -0.906. The van der Waals surface area contributed by atoms with Gasteiger partial charge in [-0.1, -0.05) is 66.2 Å². The summed E-state index contributed by atoms with van der Waals surface area (Å²) in [5, 5.41) is 11.7. The van der Waals surface area contributed by atoms with Crippen molar-refractivity contribution in [2.75, 3.05) is 32.1 Å². The minimum Gasteiger partial charge on any atom is -1.00 e. The van der Waals surface area contributed by atoms with Gasteiger partial charge in [0.15, 0.2) is 0 Å². The number of hydrogen-bond donors (Lipinski definition) is 1. The van der Waals surface area contributed by atoms with Gasteiger partial charge in [0.2, 0.25) is 0 Å². The summed E-state index contributed by atoms with van der Waals surface area (Å²) in [5.41, 5.74) is 3.25. The molecule has 0 bridgehead atoms. The van der Waals surface area contributed by atoms with E-state index in [1.165, 1.54) is 0 Å². The molecule has 0 saturated carbocycles. The van der Waals surface area contributed by atoms with Gasteiger partial charge in [-0.3, -0.25) is 0 Å². The molecule has 0 amide bonds. The third-order valence-corrected chi connectivity index (χ3v) is 5.16. The Balaban J connectivity index is 0.00000300. The number of likely N-dealkylation sites (N-methyl/N-ethyl adjacent to an activating group) is 1. The van der Waals surface area contributed by atoms with Crippen LogP contribution >= 0.6 is 11.6 Å². The lowest BCUT2D eigenvalue weighted by atomic mass is 10.1. The monoisotopic (exact) mass is 474 g/mol. The van der Waals surface area contributed by atoms with Crippen molar-refractivity contribution < 1.29 is 26.6 Å². The van der Waals surface area contributed by atoms with E-state index >= 15 is 0 Å². The van der Waals surface area contributed by atoms with Gasteiger partial charge in [0.1, 0.15) is 19.2 Å². The summed E-state index contributed by atoms with van der Waals surface area (Å²) >= 11 is 6.33. The van der Waals surface area contributed by atoms with Crippen molar-refractivity contribution in [3.63, 3.8) is 0 Å². The number of benzene rings is 3. The number of aliphatic hydroxyl groups excluding tert-OH is 1. The normalized spacial score (nSPS) is 12.1. The SMILES string of the molecule is C[N+](C)(Cc1ccccc1Cl)CC(O)CN(c1ccccc1)c1ccccc1.[Br-]. The predicted octanol–water partition coefficient (Wildman–Crippen LogP) is 2.12. The van der Waals surface area contributed by atoms with Crippen molar-refractivity contribution in [1.29, 1.82) is 0 Å². The van der Waals surface area contributed by atoms with E-state index in [2.05, 4.69) is 49.3 Å². The third kappa shape index (κ3) is 6.86. The molecule has 29 heavy (non-hydrogen) atoms. The smallest absolute Gasteiger partial charge is 0.121 e. The van der Waals surface area contributed by atoms with Crippen LogP contribution in [0.5, 0.6) is 0 Å². The molecule has 1 atom stereocenters. The Morgan fingerprint density at radius 3 is 1.83 bits per heavy atom. The standard InChI is InChI=1S/C24H28ClN2O.BrH/c1-27(2,18-20-11-9-10-16-24(20)25)19-23(28)17-26(21-12-5-3-6-13-21)22-14-7-4-8-15-22;/h3-16,23,28H,17-19H2,1-2H3;1H/q+1;/p-1. The molecule has 0 heterocycles. The number of rotatable bonds is 8. The zero-order chi connectivity index (χ0) is 20.0. The molecule has 0 radical (unpaired) electrons. The molecule has 3 aromatic carbocycles. The van der Waals surface area contributed by atoms with E-state index in [0.717, 1.165) is 28.5 Å². The van der Waals surface area contributed by atoms with Crippen molar-refractivity contribution in [3.8, 4) is 0 Å². The predicted molar refractivity (Wildman–Crippen MR) is 118 cm³/mol. The molecule has 0 fully saturated rings. The molecular weight excluding hydrogens is 448 g/mol. The number of para-hydroxylation sites is 2. The number of quaternary nitrogens is 1. The van der Waals surface area contributed by atoms with Crippen LogP contribution in [0.2, 0.25) is 5.02 Å². The maximum absolute atomic E-state index is 10.9. The summed E-state index contributed by atoms with van der Waals surface area (Å²) in [6.07, 6.45) is -0.488. The first-order valence-electron chi connectivity index (χ1n) is 9.56. The average molecular weight is 476 g/mol. The highest BCUT2D eigenvalue weighted by Crippen LogP contribution is 2.26. The van der Waals surface area contributed by atoms with Crippen LogP contribution in [-0.4, -0.2) is 42.9 Å². The summed E-state index contributed by atoms with van der Waals surface area (Å²) < 4.78 is 0.655. The topological polar surface area (TPSA) is 23.5 Å². The molecule has 1 N–H and O–H groups in total. The number of aliphatic hydroxyl groups is 1. The molecule has 0 aliphatic heterocycles. The van der Waals surface area contributed by atoms with Gasteiger partial charge in [0.05, 0.1) is 20.6 Å². The highest BCUT2D eigenvalue weighted by atomic mass is 79.9. The second-order valence-corrected chi connectivity index (χ2v) is 8.21. The van der Waals surface area contributed by atoms with Crippen molar-refractivity contribution in [1.82, 2.24) is 0 Å². The van der Waals surface area contributed by atoms with Gasteiger partial charge in [-0.15, -0.1) is 0 Å². The second-order valence-electron chi connectivity index (χ2n) is 7.80. The first-order chi connectivity index (χ1) is 13.4. The molecule has 3 rings (SSSR count). The Labute approximate surface area is 189 Å². The van der Waals surface area contributed by atoms with E-state index in [1.54, 1.807) is 0 Å². The summed E-state index contributed by atoms with van der Waals surface area (Å²) in [4.78, 5) is 2.17. The molecule has 0 saturated heterocycles. The fourth-order valence-corrected chi connectivity index (χ4v) is 3.76. The summed E-state index contributed by atoms with van der Waals surface area (Å²) in [7, 11) is 4.25. The quantitative estimate of drug-likeness (QED) is 0.505. The van der Waals surface area contributed by atoms with Crippen LogP contribution < -0.4 is 21.9 Å². The van der Waals surface area contributed by atoms with Crippen LogP contribution in [0.15, 0.2) is 84.9 Å². The van der Waals surface area contributed by atoms with Gasteiger partial charge in [-0.25, -0.2) is 0 Å². The lowest BCUT2D eigenvalue weighted by Crippen LogP contribution is -3.00. The molecule has 1 unspecified atom stereocenters. The number of anilines is 2. The van der Waals surface area contributed by atoms with Crippen molar-refractivity contribution in [3.05, 3.63) is 95.5 Å². The zero-order valence-electron chi connectivity index (χ0n) is 16.9. The van der Waals surface area contributed by atoms with E-state index in [9.17, 15) is 5.11 Å². The van der Waals surface area contributed by atoms with Gasteiger partial charge >= 0.3 is 0 Å². The van der Waals surface area contributed by atoms with Crippen molar-refractivity contribution >= 4 is 23.0 Å². The van der Waals surface area contributed by atoms with Crippen LogP contribution in [0.3, 0.4) is 0 Å². The average Bonchev–Trinajstić information content (AvgIpc) is 2.69. The van der Waals surface area contributed by atoms with E-state index in [4.69, 9.17) is 11.6 Å². The van der Waals surface area contributed by atoms with E-state index < -0.39 is 6.10 Å². The fraction of sp³-hybridized carbons (Fsp3) is 0.250. The van der Waals surface area contributed by atoms with Crippen LogP contribution in [-0.2, 0) is 6.54 Å². The molecule has 3 nitrogen and oxygen atoms in total. The molecule has 154 valence electrons. The minimum absolute atomic E-state index is 0. The summed E-state index contributed by atoms with van der Waals surface area (Å²) in [6, 6.07) is 28.3. The number of hydrogen-bond acceptors (Lipinski definition) is 2. The maximum Gasteiger partial charge on any atom is 0.121 e. The molecule has 5 heteroatoms. The van der Waals surface area contributed by atoms with E-state index in [1.807, 2.05) is 54.6 Å². The lowest BCUT2D eigenvalue weighted by Gasteiger charge is -2.34. The molecule has 0 aromatic heterocycles. The summed E-state index contributed by atoms with van der Waals surface area (Å²) in [6.45, 7) is 1.92. The van der Waals surface area contributed by atoms with Gasteiger partial charge in [-0.05, 0) is 30.3 Å². The Morgan fingerprint density at radius 1 is 0.828 bits per heavy atom. The Bertz CT molecular complexity index is 835. The van der Waals surface area contributed by atoms with Crippen LogP contribution in [0.25, 0.3) is 0 Å². The highest BCUT2D eigenvalue weighted by Gasteiger charge is 2.24. The molecule has 0 spiro atoms. The maximum atomic E-state index is 10.9. The number of halogens is 2. The van der Waals surface area contributed by atoms with E-state index in [-0.39, 0.29) is 17.0 Å². The molecule has 0 aliphatic rings. The first kappa shape index (κ1) is 23.4. The van der Waals surface area contributed by atoms with Gasteiger partial charge in [0, 0.05) is 22.0 Å². The molecular formula is C24H28BrClN2O. The van der Waals surface area contributed by atoms with Crippen molar-refractivity contribution in [2.24, 2.45) is 0 Å². The van der Waals surface area contributed by atoms with Crippen LogP contribution in [0.1, 0.15) is 5.56 Å². The first-order valence-corrected chi connectivity index (χ1v) is 9.93. The highest BCUT2D eigenvalue weighted by molar-refractivity contribution is 6.31. The van der Waals surface area contributed by atoms with E-state index in [0.29, 0.717) is 17.6 Å². The Morgan fingerprint density at radius 2 is 1.31 bits per heavy atom. The van der Waals surface area contributed by atoms with Gasteiger partial charge in [-0.2, -0.15) is 0 Å². The molecule has 3 aromatic rings. The van der Waals surface area contributed by atoms with Crippen molar-refractivity contribution in [2.45, 2.75) is 12.6 Å². The fourth-order valence-electron chi connectivity index (χ4n) is 3.57. The van der Waals surface area contributed by atoms with Crippen LogP contribution in [0, 0.1) is 0 Å². The Hall–Kier alpha value is -1.85. The minimum atomic E-state index is -0.488. The molecule has 0 aliphatic carbocycles. The largest absolute Gasteiger partial charge is 1.00 e. The van der Waals surface area contributed by atoms with Gasteiger partial charge < -0.3 is 31.5 Å².